The summed E-state index contributed by atoms with van der Waals surface area (Å²) in [6, 6.07) is 7.17. The summed E-state index contributed by atoms with van der Waals surface area (Å²) in [5, 5.41) is 5.10. The van der Waals surface area contributed by atoms with Crippen molar-refractivity contribution in [3.8, 4) is 22.6 Å². The molecule has 0 N–H and O–H groups in total. The lowest BCUT2D eigenvalue weighted by molar-refractivity contribution is 0.275. The Hall–Kier alpha value is -4.14. The van der Waals surface area contributed by atoms with E-state index in [2.05, 4.69) is 15.1 Å². The van der Waals surface area contributed by atoms with Crippen molar-refractivity contribution >= 4 is 21.9 Å². The monoisotopic (exact) mass is 428 g/mol. The Balaban J connectivity index is 1.77. The number of aryl methyl sites for hydroxylation is 2. The maximum Gasteiger partial charge on any atom is 0.329 e. The lowest BCUT2D eigenvalue weighted by Crippen LogP contribution is -2.30. The standard InChI is InChI=1S/C23H20N6O3/c1-27-11-13(9-26-27)19-18(31-3)8-15-20-21-16(10-25-15)28(2)23(30)29(21)17(12-32-22(19)20)14-6-4-5-7-24-14/h4-11,17H,12H2,1-3H3. The molecule has 0 bridgehead atoms. The van der Waals surface area contributed by atoms with E-state index in [9.17, 15) is 4.79 Å². The van der Waals surface area contributed by atoms with Crippen molar-refractivity contribution in [2.75, 3.05) is 13.7 Å². The van der Waals surface area contributed by atoms with Crippen LogP contribution in [-0.2, 0) is 14.1 Å². The Bertz CT molecular complexity index is 1560. The van der Waals surface area contributed by atoms with Crippen LogP contribution in [0.25, 0.3) is 33.1 Å². The van der Waals surface area contributed by atoms with E-state index in [1.165, 1.54) is 0 Å². The van der Waals surface area contributed by atoms with Crippen molar-refractivity contribution in [3.63, 3.8) is 0 Å². The molecule has 1 atom stereocenters. The Labute approximate surface area is 182 Å². The number of hydrogen-bond donors (Lipinski definition) is 0. The summed E-state index contributed by atoms with van der Waals surface area (Å²) < 4.78 is 17.3. The van der Waals surface area contributed by atoms with Gasteiger partial charge in [-0.2, -0.15) is 5.10 Å². The summed E-state index contributed by atoms with van der Waals surface area (Å²) in [7, 11) is 5.25. The van der Waals surface area contributed by atoms with Gasteiger partial charge in [-0.1, -0.05) is 6.07 Å². The Kier molecular flexibility index (Phi) is 3.89. The zero-order valence-electron chi connectivity index (χ0n) is 17.8. The van der Waals surface area contributed by atoms with E-state index in [-0.39, 0.29) is 12.3 Å². The van der Waals surface area contributed by atoms with Gasteiger partial charge in [0, 0.05) is 38.1 Å². The van der Waals surface area contributed by atoms with E-state index in [1.807, 2.05) is 37.5 Å². The van der Waals surface area contributed by atoms with Crippen molar-refractivity contribution in [1.29, 1.82) is 0 Å². The number of rotatable bonds is 3. The molecule has 9 nitrogen and oxygen atoms in total. The van der Waals surface area contributed by atoms with Gasteiger partial charge in [0.25, 0.3) is 0 Å². The predicted octanol–water partition coefficient (Wildman–Crippen LogP) is 2.67. The van der Waals surface area contributed by atoms with Crippen LogP contribution in [0.2, 0.25) is 0 Å². The van der Waals surface area contributed by atoms with Crippen LogP contribution >= 0.6 is 0 Å². The van der Waals surface area contributed by atoms with Crippen LogP contribution in [0.15, 0.2) is 53.8 Å². The van der Waals surface area contributed by atoms with Crippen molar-refractivity contribution in [2.45, 2.75) is 6.04 Å². The summed E-state index contributed by atoms with van der Waals surface area (Å²) in [4.78, 5) is 22.5. The average molecular weight is 428 g/mol. The molecule has 0 saturated heterocycles. The van der Waals surface area contributed by atoms with E-state index in [4.69, 9.17) is 9.47 Å². The van der Waals surface area contributed by atoms with Gasteiger partial charge in [-0.05, 0) is 12.1 Å². The second-order valence-electron chi connectivity index (χ2n) is 7.86. The van der Waals surface area contributed by atoms with Crippen molar-refractivity contribution in [3.05, 3.63) is 65.2 Å². The van der Waals surface area contributed by atoms with E-state index < -0.39 is 6.04 Å². The molecule has 0 amide bonds. The van der Waals surface area contributed by atoms with E-state index in [0.717, 1.165) is 33.2 Å². The van der Waals surface area contributed by atoms with Gasteiger partial charge in [0.05, 0.1) is 52.7 Å². The number of nitrogens with zero attached hydrogens (tertiary/aromatic N) is 6. The zero-order chi connectivity index (χ0) is 22.0. The highest BCUT2D eigenvalue weighted by Gasteiger charge is 2.31. The molecule has 1 aliphatic heterocycles. The van der Waals surface area contributed by atoms with Crippen molar-refractivity contribution < 1.29 is 9.47 Å². The van der Waals surface area contributed by atoms with E-state index in [0.29, 0.717) is 17.0 Å². The van der Waals surface area contributed by atoms with Gasteiger partial charge in [0.1, 0.15) is 24.1 Å². The average Bonchev–Trinajstić information content (AvgIpc) is 3.28. The molecular formula is C23H20N6O3. The van der Waals surface area contributed by atoms with Crippen molar-refractivity contribution in [2.24, 2.45) is 14.1 Å². The highest BCUT2D eigenvalue weighted by atomic mass is 16.5. The summed E-state index contributed by atoms with van der Waals surface area (Å²) in [6.45, 7) is 0.236. The minimum Gasteiger partial charge on any atom is -0.496 e. The maximum atomic E-state index is 13.4. The summed E-state index contributed by atoms with van der Waals surface area (Å²) >= 11 is 0. The predicted molar refractivity (Wildman–Crippen MR) is 119 cm³/mol. The first kappa shape index (κ1) is 18.6. The summed E-state index contributed by atoms with van der Waals surface area (Å²) in [5.74, 6) is 1.26. The Morgan fingerprint density at radius 2 is 2.06 bits per heavy atom. The number of methoxy groups -OCH3 is 1. The Morgan fingerprint density at radius 1 is 1.19 bits per heavy atom. The third-order valence-corrected chi connectivity index (χ3v) is 6.06. The highest BCUT2D eigenvalue weighted by Crippen LogP contribution is 2.47. The van der Waals surface area contributed by atoms with Gasteiger partial charge in [0.2, 0.25) is 0 Å². The van der Waals surface area contributed by atoms with Crippen LogP contribution in [0.3, 0.4) is 0 Å². The van der Waals surface area contributed by atoms with Gasteiger partial charge in [-0.3, -0.25) is 23.8 Å². The fourth-order valence-electron chi connectivity index (χ4n) is 4.57. The van der Waals surface area contributed by atoms with Crippen LogP contribution in [0, 0.1) is 0 Å². The number of ether oxygens (including phenoxy) is 2. The fourth-order valence-corrected chi connectivity index (χ4v) is 4.57. The Morgan fingerprint density at radius 3 is 2.78 bits per heavy atom. The second-order valence-corrected chi connectivity index (χ2v) is 7.86. The van der Waals surface area contributed by atoms with Crippen molar-refractivity contribution in [1.82, 2.24) is 28.9 Å². The first-order valence-electron chi connectivity index (χ1n) is 10.2. The lowest BCUT2D eigenvalue weighted by atomic mass is 10.0. The van der Waals surface area contributed by atoms with E-state index >= 15 is 0 Å². The number of aromatic nitrogens is 6. The number of pyridine rings is 2. The zero-order valence-corrected chi connectivity index (χ0v) is 17.8. The first-order valence-corrected chi connectivity index (χ1v) is 10.2. The molecule has 9 heteroatoms. The molecular weight excluding hydrogens is 408 g/mol. The van der Waals surface area contributed by atoms with Gasteiger partial charge in [-0.25, -0.2) is 4.79 Å². The summed E-state index contributed by atoms with van der Waals surface area (Å²) in [6.07, 6.45) is 7.14. The van der Waals surface area contributed by atoms with Gasteiger partial charge in [-0.15, -0.1) is 0 Å². The third kappa shape index (κ3) is 2.44. The lowest BCUT2D eigenvalue weighted by Gasteiger charge is -2.18. The van der Waals surface area contributed by atoms with E-state index in [1.54, 1.807) is 46.6 Å². The van der Waals surface area contributed by atoms with Gasteiger partial charge in [0.15, 0.2) is 0 Å². The molecule has 0 spiro atoms. The third-order valence-electron chi connectivity index (χ3n) is 6.06. The largest absolute Gasteiger partial charge is 0.496 e. The van der Waals surface area contributed by atoms with Crippen LogP contribution < -0.4 is 15.2 Å². The smallest absolute Gasteiger partial charge is 0.329 e. The summed E-state index contributed by atoms with van der Waals surface area (Å²) in [5.41, 5.74) is 4.47. The fraction of sp³-hybridized carbons (Fsp3) is 0.217. The molecule has 5 aromatic rings. The second kappa shape index (κ2) is 6.68. The van der Waals surface area contributed by atoms with Crippen LogP contribution in [-0.4, -0.2) is 42.6 Å². The molecule has 0 aliphatic carbocycles. The molecule has 1 aliphatic rings. The normalized spacial score (nSPS) is 15.3. The first-order chi connectivity index (χ1) is 15.6. The molecule has 0 fully saturated rings. The van der Waals surface area contributed by atoms with Gasteiger partial charge >= 0.3 is 5.69 Å². The topological polar surface area (TPSA) is 89.0 Å². The SMILES string of the molecule is COc1cc2ncc3c4c2c(c1-c1cnn(C)c1)OCC(c1ccccn1)n4c(=O)n3C. The number of imidazole rings is 1. The highest BCUT2D eigenvalue weighted by molar-refractivity contribution is 6.10. The minimum absolute atomic E-state index is 0.139. The molecule has 32 heavy (non-hydrogen) atoms. The molecule has 4 aromatic heterocycles. The van der Waals surface area contributed by atoms with Crippen LogP contribution in [0.5, 0.6) is 11.5 Å². The molecule has 1 aromatic carbocycles. The minimum atomic E-state index is -0.391. The number of hydrogen-bond acceptors (Lipinski definition) is 6. The molecule has 0 radical (unpaired) electrons. The maximum absolute atomic E-state index is 13.4. The molecule has 1 unspecified atom stereocenters. The quantitative estimate of drug-likeness (QED) is 0.439. The molecule has 0 saturated carbocycles. The molecule has 6 rings (SSSR count). The van der Waals surface area contributed by atoms with Crippen LogP contribution in [0.4, 0.5) is 0 Å². The molecule has 5 heterocycles. The van der Waals surface area contributed by atoms with Crippen LogP contribution in [0.1, 0.15) is 11.7 Å². The molecule has 160 valence electrons. The van der Waals surface area contributed by atoms with Gasteiger partial charge < -0.3 is 9.47 Å². The number of benzene rings is 1.